The Kier molecular flexibility index (Phi) is 4.45. The molecule has 1 atom stereocenters. The van der Waals surface area contributed by atoms with Gasteiger partial charge in [-0.25, -0.2) is 14.2 Å². The molecule has 0 spiro atoms. The molecule has 1 N–H and O–H groups in total. The monoisotopic (exact) mass is 332 g/mol. The molecule has 1 aliphatic rings. The highest BCUT2D eigenvalue weighted by Gasteiger charge is 2.28. The third kappa shape index (κ3) is 3.22. The van der Waals surface area contributed by atoms with E-state index in [1.807, 2.05) is 31.2 Å². The zero-order chi connectivity index (χ0) is 17.1. The Labute approximate surface area is 138 Å². The lowest BCUT2D eigenvalue weighted by atomic mass is 10.1. The van der Waals surface area contributed by atoms with Crippen molar-refractivity contribution in [2.75, 3.05) is 30.5 Å². The molecular weight excluding hydrogens is 315 g/mol. The maximum Gasteiger partial charge on any atom is 0.415 e. The molecule has 1 saturated heterocycles. The number of methoxy groups -OCH3 is 1. The fraction of sp³-hybridized carbons (Fsp3) is 0.312. The molecule has 0 bridgehead atoms. The summed E-state index contributed by atoms with van der Waals surface area (Å²) >= 11 is 0. The second kappa shape index (κ2) is 6.69. The van der Waals surface area contributed by atoms with Crippen molar-refractivity contribution in [2.45, 2.75) is 13.0 Å². The molecule has 1 aromatic carbocycles. The summed E-state index contributed by atoms with van der Waals surface area (Å²) in [4.78, 5) is 20.8. The van der Waals surface area contributed by atoms with Crippen molar-refractivity contribution in [1.29, 1.82) is 0 Å². The fourth-order valence-electron chi connectivity index (χ4n) is 2.39. The highest BCUT2D eigenvalue weighted by Crippen LogP contribution is 2.24. The first-order valence-electron chi connectivity index (χ1n) is 7.46. The quantitative estimate of drug-likeness (QED) is 0.907. The average Bonchev–Trinajstić information content (AvgIpc) is 3.02. The molecule has 0 aliphatic carbocycles. The van der Waals surface area contributed by atoms with E-state index in [0.29, 0.717) is 0 Å². The van der Waals surface area contributed by atoms with Gasteiger partial charge >= 0.3 is 6.09 Å². The lowest BCUT2D eigenvalue weighted by molar-refractivity contribution is 0.181. The van der Waals surface area contributed by atoms with E-state index in [1.165, 1.54) is 0 Å². The van der Waals surface area contributed by atoms with Crippen LogP contribution in [0.1, 0.15) is 18.5 Å². The number of nitrogens with zero attached hydrogens (tertiary/aromatic N) is 3. The molecule has 3 rings (SSSR count). The summed E-state index contributed by atoms with van der Waals surface area (Å²) in [6.07, 6.45) is 0.425. The number of cyclic esters (lactones) is 1. The number of carbonyl (C=O) groups excluding carboxylic acids is 1. The van der Waals surface area contributed by atoms with Crippen LogP contribution in [-0.2, 0) is 4.74 Å². The van der Waals surface area contributed by atoms with Crippen molar-refractivity contribution in [3.8, 4) is 5.75 Å². The summed E-state index contributed by atoms with van der Waals surface area (Å²) in [5, 5.41) is 3.09. The van der Waals surface area contributed by atoms with E-state index >= 15 is 0 Å². The van der Waals surface area contributed by atoms with Crippen LogP contribution in [-0.4, -0.2) is 36.3 Å². The lowest BCUT2D eigenvalue weighted by Gasteiger charge is -2.17. The first-order chi connectivity index (χ1) is 11.6. The zero-order valence-corrected chi connectivity index (χ0v) is 13.3. The Morgan fingerprint density at radius 1 is 1.46 bits per heavy atom. The number of aromatic nitrogens is 2. The minimum absolute atomic E-state index is 0.0900. The Balaban J connectivity index is 1.81. The second-order valence-corrected chi connectivity index (χ2v) is 5.27. The van der Waals surface area contributed by atoms with Gasteiger partial charge in [-0.1, -0.05) is 12.1 Å². The SMILES string of the molecule is COc1cccc([C@H](C)Nc2ncc(F)c(N3CCOC3=O)n2)c1. The minimum Gasteiger partial charge on any atom is -0.497 e. The molecule has 8 heteroatoms. The van der Waals surface area contributed by atoms with Gasteiger partial charge in [-0.05, 0) is 24.6 Å². The summed E-state index contributed by atoms with van der Waals surface area (Å²) in [7, 11) is 1.60. The third-order valence-corrected chi connectivity index (χ3v) is 3.68. The van der Waals surface area contributed by atoms with Crippen molar-refractivity contribution in [1.82, 2.24) is 9.97 Å². The van der Waals surface area contributed by atoms with Crippen LogP contribution >= 0.6 is 0 Å². The predicted octanol–water partition coefficient (Wildman–Crippen LogP) is 2.75. The second-order valence-electron chi connectivity index (χ2n) is 5.27. The molecule has 2 heterocycles. The molecule has 1 fully saturated rings. The first-order valence-corrected chi connectivity index (χ1v) is 7.46. The highest BCUT2D eigenvalue weighted by molar-refractivity contribution is 5.88. The number of rotatable bonds is 5. The number of nitrogens with one attached hydrogen (secondary N) is 1. The van der Waals surface area contributed by atoms with Gasteiger partial charge < -0.3 is 14.8 Å². The minimum atomic E-state index is -0.673. The van der Waals surface area contributed by atoms with Gasteiger partial charge in [0.1, 0.15) is 12.4 Å². The van der Waals surface area contributed by atoms with Crippen molar-refractivity contribution < 1.29 is 18.7 Å². The number of hydrogen-bond donors (Lipinski definition) is 1. The van der Waals surface area contributed by atoms with Crippen molar-refractivity contribution >= 4 is 17.9 Å². The first kappa shape index (κ1) is 16.0. The third-order valence-electron chi connectivity index (χ3n) is 3.68. The maximum absolute atomic E-state index is 13.9. The van der Waals surface area contributed by atoms with E-state index in [9.17, 15) is 9.18 Å². The molecule has 1 amide bonds. The standard InChI is InChI=1S/C16H17FN4O3/c1-10(11-4-3-5-12(8-11)23-2)19-15-18-9-13(17)14(20-15)21-6-7-24-16(21)22/h3-5,8-10H,6-7H2,1-2H3,(H,18,19,20)/t10-/m0/s1. The predicted molar refractivity (Wildman–Crippen MR) is 85.7 cm³/mol. The molecule has 7 nitrogen and oxygen atoms in total. The van der Waals surface area contributed by atoms with Crippen LogP contribution in [0.5, 0.6) is 5.75 Å². The Morgan fingerprint density at radius 3 is 3.00 bits per heavy atom. The number of hydrogen-bond acceptors (Lipinski definition) is 6. The summed E-state index contributed by atoms with van der Waals surface area (Å²) in [5.74, 6) is 0.198. The summed E-state index contributed by atoms with van der Waals surface area (Å²) < 4.78 is 24.0. The van der Waals surface area contributed by atoms with Crippen LogP contribution in [0.3, 0.4) is 0 Å². The van der Waals surface area contributed by atoms with Crippen LogP contribution in [0.15, 0.2) is 30.5 Å². The molecule has 1 aromatic heterocycles. The Bertz CT molecular complexity index is 756. The lowest BCUT2D eigenvalue weighted by Crippen LogP contribution is -2.26. The summed E-state index contributed by atoms with van der Waals surface area (Å²) in [6.45, 7) is 2.40. The number of amides is 1. The normalized spacial score (nSPS) is 15.1. The van der Waals surface area contributed by atoms with Crippen LogP contribution in [0, 0.1) is 5.82 Å². The molecular formula is C16H17FN4O3. The van der Waals surface area contributed by atoms with Crippen LogP contribution in [0.4, 0.5) is 21.0 Å². The molecule has 24 heavy (non-hydrogen) atoms. The summed E-state index contributed by atoms with van der Waals surface area (Å²) in [5.41, 5.74) is 0.962. The van der Waals surface area contributed by atoms with Gasteiger partial charge in [-0.3, -0.25) is 4.90 Å². The Hall–Kier alpha value is -2.90. The molecule has 0 saturated carbocycles. The van der Waals surface area contributed by atoms with Crippen molar-refractivity contribution in [3.05, 3.63) is 41.8 Å². The molecule has 0 unspecified atom stereocenters. The number of anilines is 2. The van der Waals surface area contributed by atoms with Crippen LogP contribution < -0.4 is 15.0 Å². The Morgan fingerprint density at radius 2 is 2.29 bits per heavy atom. The number of benzene rings is 1. The maximum atomic E-state index is 13.9. The van der Waals surface area contributed by atoms with Gasteiger partial charge in [0.2, 0.25) is 5.95 Å². The smallest absolute Gasteiger partial charge is 0.415 e. The van der Waals surface area contributed by atoms with E-state index in [2.05, 4.69) is 15.3 Å². The van der Waals surface area contributed by atoms with Crippen LogP contribution in [0.25, 0.3) is 0 Å². The van der Waals surface area contributed by atoms with E-state index in [0.717, 1.165) is 22.4 Å². The van der Waals surface area contributed by atoms with Gasteiger partial charge in [-0.15, -0.1) is 0 Å². The summed E-state index contributed by atoms with van der Waals surface area (Å²) in [6, 6.07) is 7.41. The number of halogens is 1. The van der Waals surface area contributed by atoms with Gasteiger partial charge in [0.05, 0.1) is 25.9 Å². The largest absolute Gasteiger partial charge is 0.497 e. The van der Waals surface area contributed by atoms with Crippen LogP contribution in [0.2, 0.25) is 0 Å². The van der Waals surface area contributed by atoms with E-state index in [4.69, 9.17) is 9.47 Å². The van der Waals surface area contributed by atoms with Gasteiger partial charge in [0, 0.05) is 0 Å². The molecule has 1 aliphatic heterocycles. The molecule has 126 valence electrons. The number of carbonyl (C=O) groups is 1. The van der Waals surface area contributed by atoms with Crippen molar-refractivity contribution in [3.63, 3.8) is 0 Å². The highest BCUT2D eigenvalue weighted by atomic mass is 19.1. The molecule has 2 aromatic rings. The van der Waals surface area contributed by atoms with Gasteiger partial charge in [0.25, 0.3) is 0 Å². The van der Waals surface area contributed by atoms with Gasteiger partial charge in [-0.2, -0.15) is 4.98 Å². The van der Waals surface area contributed by atoms with Crippen molar-refractivity contribution in [2.24, 2.45) is 0 Å². The zero-order valence-electron chi connectivity index (χ0n) is 13.3. The topological polar surface area (TPSA) is 76.6 Å². The average molecular weight is 332 g/mol. The van der Waals surface area contributed by atoms with E-state index in [-0.39, 0.29) is 31.0 Å². The van der Waals surface area contributed by atoms with E-state index in [1.54, 1.807) is 7.11 Å². The number of ether oxygens (including phenoxy) is 2. The molecule has 0 radical (unpaired) electrons. The fourth-order valence-corrected chi connectivity index (χ4v) is 2.39. The van der Waals surface area contributed by atoms with Gasteiger partial charge in [0.15, 0.2) is 11.6 Å². The van der Waals surface area contributed by atoms with E-state index < -0.39 is 11.9 Å².